The Morgan fingerprint density at radius 3 is 1.33 bits per heavy atom. The van der Waals surface area contributed by atoms with E-state index in [-0.39, 0.29) is 0 Å². The highest BCUT2D eigenvalue weighted by molar-refractivity contribution is 6.22. The minimum atomic E-state index is 1.09. The van der Waals surface area contributed by atoms with Crippen molar-refractivity contribution in [2.45, 2.75) is 0 Å². The first-order valence-electron chi connectivity index (χ1n) is 24.8. The van der Waals surface area contributed by atoms with Crippen LogP contribution in [0.2, 0.25) is 0 Å². The number of para-hydroxylation sites is 2. The second-order valence-electron chi connectivity index (χ2n) is 18.8. The van der Waals surface area contributed by atoms with Crippen molar-refractivity contribution in [1.29, 1.82) is 0 Å². The Kier molecular flexibility index (Phi) is 9.89. The van der Waals surface area contributed by atoms with Gasteiger partial charge in [-0.05, 0) is 131 Å². The fourth-order valence-corrected chi connectivity index (χ4v) is 11.5. The summed E-state index contributed by atoms with van der Waals surface area (Å²) in [6, 6.07) is 102. The summed E-state index contributed by atoms with van der Waals surface area (Å²) in [5.74, 6) is 0. The van der Waals surface area contributed by atoms with Crippen molar-refractivity contribution in [3.05, 3.63) is 279 Å². The van der Waals surface area contributed by atoms with Crippen molar-refractivity contribution >= 4 is 82.0 Å². The van der Waals surface area contributed by atoms with Crippen LogP contribution in [0.25, 0.3) is 115 Å². The van der Waals surface area contributed by atoms with E-state index in [0.717, 1.165) is 22.7 Å². The lowest BCUT2D eigenvalue weighted by Crippen LogP contribution is -2.11. The minimum Gasteiger partial charge on any atom is -0.309 e. The second-order valence-corrected chi connectivity index (χ2v) is 18.8. The van der Waals surface area contributed by atoms with Gasteiger partial charge in [0.05, 0.1) is 16.7 Å². The molecule has 13 aromatic carbocycles. The molecule has 1 aromatic heterocycles. The van der Waals surface area contributed by atoms with Crippen LogP contribution in [-0.2, 0) is 0 Å². The zero-order valence-electron chi connectivity index (χ0n) is 39.5. The maximum Gasteiger partial charge on any atom is 0.0618 e. The van der Waals surface area contributed by atoms with E-state index in [2.05, 4.69) is 289 Å². The number of hydrogen-bond donors (Lipinski definition) is 0. The molecule has 0 aliphatic heterocycles. The van der Waals surface area contributed by atoms with Crippen molar-refractivity contribution in [3.63, 3.8) is 0 Å². The molecular weight excluding hydrogens is 869 g/mol. The van der Waals surface area contributed by atoms with E-state index in [4.69, 9.17) is 0 Å². The van der Waals surface area contributed by atoms with Crippen LogP contribution in [0.5, 0.6) is 0 Å². The predicted octanol–water partition coefficient (Wildman–Crippen LogP) is 19.5. The van der Waals surface area contributed by atoms with E-state index in [1.807, 2.05) is 0 Å². The lowest BCUT2D eigenvalue weighted by molar-refractivity contribution is 1.18. The molecular formula is C70H46N2. The smallest absolute Gasteiger partial charge is 0.0618 e. The third-order valence-electron chi connectivity index (χ3n) is 14.7. The van der Waals surface area contributed by atoms with Gasteiger partial charge >= 0.3 is 0 Å². The molecule has 1 heterocycles. The lowest BCUT2D eigenvalue weighted by atomic mass is 9.89. The molecule has 0 fully saturated rings. The van der Waals surface area contributed by atoms with Crippen molar-refractivity contribution in [1.82, 2.24) is 4.57 Å². The molecule has 0 saturated heterocycles. The minimum absolute atomic E-state index is 1.09. The number of fused-ring (bicyclic) bond motifs is 7. The molecule has 0 unspecified atom stereocenters. The molecule has 2 nitrogen and oxygen atoms in total. The molecule has 0 spiro atoms. The van der Waals surface area contributed by atoms with Crippen LogP contribution in [0.1, 0.15) is 0 Å². The molecule has 0 aliphatic carbocycles. The Bertz CT molecular complexity index is 4240. The Morgan fingerprint density at radius 1 is 0.264 bits per heavy atom. The molecule has 336 valence electrons. The number of rotatable bonds is 8. The summed E-state index contributed by atoms with van der Waals surface area (Å²) in [4.78, 5) is 2.49. The Morgan fingerprint density at radius 2 is 0.722 bits per heavy atom. The van der Waals surface area contributed by atoms with E-state index in [9.17, 15) is 0 Å². The van der Waals surface area contributed by atoms with E-state index < -0.39 is 0 Å². The van der Waals surface area contributed by atoms with E-state index in [1.54, 1.807) is 0 Å². The molecule has 2 heteroatoms. The van der Waals surface area contributed by atoms with Crippen LogP contribution in [0.3, 0.4) is 0 Å². The van der Waals surface area contributed by atoms with Gasteiger partial charge in [0.2, 0.25) is 0 Å². The molecule has 0 atom stereocenters. The van der Waals surface area contributed by atoms with Crippen LogP contribution >= 0.6 is 0 Å². The quantitative estimate of drug-likeness (QED) is 0.138. The summed E-state index contributed by atoms with van der Waals surface area (Å²) < 4.78 is 2.38. The van der Waals surface area contributed by atoms with E-state index in [0.29, 0.717) is 0 Å². The summed E-state index contributed by atoms with van der Waals surface area (Å²) in [5.41, 5.74) is 16.6. The van der Waals surface area contributed by atoms with Gasteiger partial charge in [0.15, 0.2) is 0 Å². The van der Waals surface area contributed by atoms with Crippen molar-refractivity contribution in [2.75, 3.05) is 4.90 Å². The fourth-order valence-electron chi connectivity index (χ4n) is 11.5. The average Bonchev–Trinajstić information content (AvgIpc) is 3.79. The Labute approximate surface area is 418 Å². The zero-order chi connectivity index (χ0) is 47.5. The highest BCUT2D eigenvalue weighted by Gasteiger charge is 2.23. The second kappa shape index (κ2) is 17.2. The maximum absolute atomic E-state index is 2.49. The van der Waals surface area contributed by atoms with Crippen LogP contribution in [-0.4, -0.2) is 4.57 Å². The van der Waals surface area contributed by atoms with Crippen LogP contribution in [0, 0.1) is 0 Å². The monoisotopic (exact) mass is 914 g/mol. The van der Waals surface area contributed by atoms with E-state index in [1.165, 1.54) is 109 Å². The van der Waals surface area contributed by atoms with Gasteiger partial charge in [0.25, 0.3) is 0 Å². The Balaban J connectivity index is 0.911. The van der Waals surface area contributed by atoms with Gasteiger partial charge in [0.1, 0.15) is 0 Å². The van der Waals surface area contributed by atoms with E-state index >= 15 is 0 Å². The molecule has 72 heavy (non-hydrogen) atoms. The van der Waals surface area contributed by atoms with Gasteiger partial charge in [0, 0.05) is 38.6 Å². The van der Waals surface area contributed by atoms with Crippen molar-refractivity contribution in [3.8, 4) is 50.2 Å². The average molecular weight is 915 g/mol. The molecule has 0 N–H and O–H groups in total. The SMILES string of the molecule is c1ccc(-c2c3ccccc3c(N(c3ccc(-c4cccc5cccc(-c6ccccc6)c45)cc3)c3ccc4cc(-c5ccc(-n6c7ccccc7c7ccccc76)cc5)ccc4c3)c3ccccc23)cc1. The fraction of sp³-hybridized carbons (Fsp3) is 0. The molecule has 0 radical (unpaired) electrons. The largest absolute Gasteiger partial charge is 0.309 e. The molecule has 14 rings (SSSR count). The van der Waals surface area contributed by atoms with Gasteiger partial charge in [-0.15, -0.1) is 0 Å². The number of anilines is 3. The molecule has 0 bridgehead atoms. The maximum atomic E-state index is 2.49. The first-order valence-corrected chi connectivity index (χ1v) is 24.8. The summed E-state index contributed by atoms with van der Waals surface area (Å²) in [5, 5.41) is 12.2. The van der Waals surface area contributed by atoms with Gasteiger partial charge in [-0.1, -0.05) is 224 Å². The number of benzene rings is 13. The summed E-state index contributed by atoms with van der Waals surface area (Å²) in [7, 11) is 0. The molecule has 14 aromatic rings. The topological polar surface area (TPSA) is 8.17 Å². The summed E-state index contributed by atoms with van der Waals surface area (Å²) in [6.07, 6.45) is 0. The molecule has 0 amide bonds. The number of hydrogen-bond acceptors (Lipinski definition) is 1. The number of aromatic nitrogens is 1. The standard InChI is InChI=1S/C70H46N2/c1-3-17-48(18-4-1)58-29-15-21-51-22-16-30-59(68(51)58)49-37-42-55(43-38-49)71(70-64-27-9-7-25-62(64)69(50-19-5-2-6-20-50)63-26-8-10-28-65(63)70)57-44-39-53-45-52(33-34-54(53)46-57)47-35-40-56(41-36-47)72-66-31-13-11-23-60(66)61-24-12-14-32-67(61)72/h1-46H. The van der Waals surface area contributed by atoms with Gasteiger partial charge in [-0.25, -0.2) is 0 Å². The first kappa shape index (κ1) is 41.5. The van der Waals surface area contributed by atoms with Crippen molar-refractivity contribution < 1.29 is 0 Å². The van der Waals surface area contributed by atoms with Crippen LogP contribution in [0.15, 0.2) is 279 Å². The predicted molar refractivity (Wildman–Crippen MR) is 307 cm³/mol. The molecule has 0 saturated carbocycles. The lowest BCUT2D eigenvalue weighted by Gasteiger charge is -2.30. The summed E-state index contributed by atoms with van der Waals surface area (Å²) in [6.45, 7) is 0. The Hall–Kier alpha value is -9.50. The first-order chi connectivity index (χ1) is 35.7. The van der Waals surface area contributed by atoms with Gasteiger partial charge in [-0.2, -0.15) is 0 Å². The number of nitrogens with zero attached hydrogens (tertiary/aromatic N) is 2. The third-order valence-corrected chi connectivity index (χ3v) is 14.7. The van der Waals surface area contributed by atoms with Crippen molar-refractivity contribution in [2.24, 2.45) is 0 Å². The van der Waals surface area contributed by atoms with Gasteiger partial charge in [-0.3, -0.25) is 0 Å². The van der Waals surface area contributed by atoms with Gasteiger partial charge < -0.3 is 9.47 Å². The summed E-state index contributed by atoms with van der Waals surface area (Å²) >= 11 is 0. The molecule has 0 aliphatic rings. The highest BCUT2D eigenvalue weighted by atomic mass is 15.1. The third kappa shape index (κ3) is 6.88. The zero-order valence-corrected chi connectivity index (χ0v) is 39.5. The van der Waals surface area contributed by atoms with Crippen LogP contribution < -0.4 is 4.90 Å². The normalized spacial score (nSPS) is 11.6. The highest BCUT2D eigenvalue weighted by Crippen LogP contribution is 2.49. The van der Waals surface area contributed by atoms with Crippen LogP contribution in [0.4, 0.5) is 17.1 Å².